The quantitative estimate of drug-likeness (QED) is 0.654. The van der Waals surface area contributed by atoms with Crippen LogP contribution >= 0.6 is 0 Å². The van der Waals surface area contributed by atoms with Gasteiger partial charge in [0, 0.05) is 37.9 Å². The second kappa shape index (κ2) is 7.47. The first kappa shape index (κ1) is 18.8. The zero-order valence-electron chi connectivity index (χ0n) is 16.2. The number of hydrogen-bond donors (Lipinski definition) is 1. The number of hydrogen-bond acceptors (Lipinski definition) is 6. The largest absolute Gasteiger partial charge is 0.383 e. The van der Waals surface area contributed by atoms with Crippen LogP contribution in [0.3, 0.4) is 0 Å². The van der Waals surface area contributed by atoms with Crippen molar-refractivity contribution in [1.29, 1.82) is 0 Å². The molecule has 10 heteroatoms. The lowest BCUT2D eigenvalue weighted by molar-refractivity contribution is 0.0742. The van der Waals surface area contributed by atoms with Crippen molar-refractivity contribution in [1.82, 2.24) is 29.4 Å². The Bertz CT molecular complexity index is 1070. The fraction of sp³-hybridized carbons (Fsp3) is 0.316. The van der Waals surface area contributed by atoms with Gasteiger partial charge in [0.1, 0.15) is 11.4 Å². The Morgan fingerprint density at radius 1 is 1.21 bits per heavy atom. The molecule has 1 aromatic carbocycles. The van der Waals surface area contributed by atoms with Crippen molar-refractivity contribution in [3.63, 3.8) is 0 Å². The number of carbonyl (C=O) groups excluding carboxylic acids is 2. The van der Waals surface area contributed by atoms with Gasteiger partial charge in [-0.05, 0) is 12.1 Å². The first-order valence-electron chi connectivity index (χ1n) is 9.15. The van der Waals surface area contributed by atoms with Gasteiger partial charge in [-0.2, -0.15) is 10.2 Å². The van der Waals surface area contributed by atoms with Gasteiger partial charge < -0.3 is 15.4 Å². The first-order chi connectivity index (χ1) is 14.0. The summed E-state index contributed by atoms with van der Waals surface area (Å²) in [5, 5.41) is 9.14. The minimum Gasteiger partial charge on any atom is -0.383 e. The molecule has 1 aliphatic rings. The monoisotopic (exact) mass is 395 g/mol. The number of methoxy groups -OCH3 is 1. The second-order valence-corrected chi connectivity index (χ2v) is 6.78. The van der Waals surface area contributed by atoms with Crippen LogP contribution in [0.15, 0.2) is 30.3 Å². The van der Waals surface area contributed by atoms with Gasteiger partial charge in [0.2, 0.25) is 5.91 Å². The maximum absolute atomic E-state index is 12.4. The molecule has 0 unspecified atom stereocenters. The average Bonchev–Trinajstić information content (AvgIpc) is 3.34. The Morgan fingerprint density at radius 3 is 2.66 bits per heavy atom. The molecule has 1 aliphatic heterocycles. The zero-order chi connectivity index (χ0) is 20.5. The molecular weight excluding hydrogens is 374 g/mol. The second-order valence-electron chi connectivity index (χ2n) is 6.78. The molecule has 0 saturated heterocycles. The highest BCUT2D eigenvalue weighted by Crippen LogP contribution is 2.24. The fourth-order valence-electron chi connectivity index (χ4n) is 3.18. The molecule has 150 valence electrons. The summed E-state index contributed by atoms with van der Waals surface area (Å²) in [6.07, 6.45) is 0. The zero-order valence-corrected chi connectivity index (χ0v) is 16.2. The van der Waals surface area contributed by atoms with E-state index < -0.39 is 5.91 Å². The highest BCUT2D eigenvalue weighted by molar-refractivity contribution is 5.94. The number of fused-ring (bicyclic) bond motifs is 1. The van der Waals surface area contributed by atoms with Crippen LogP contribution in [-0.4, -0.2) is 68.6 Å². The van der Waals surface area contributed by atoms with Crippen LogP contribution in [0.2, 0.25) is 0 Å². The lowest BCUT2D eigenvalue weighted by Gasteiger charge is -2.22. The molecule has 29 heavy (non-hydrogen) atoms. The van der Waals surface area contributed by atoms with E-state index in [9.17, 15) is 9.59 Å². The normalized spacial score (nSPS) is 13.6. The van der Waals surface area contributed by atoms with E-state index in [1.165, 1.54) is 0 Å². The summed E-state index contributed by atoms with van der Waals surface area (Å²) in [5.74, 6) is 0.476. The number of rotatable bonds is 6. The van der Waals surface area contributed by atoms with E-state index in [0.29, 0.717) is 54.8 Å². The van der Waals surface area contributed by atoms with E-state index >= 15 is 0 Å². The van der Waals surface area contributed by atoms with Gasteiger partial charge in [-0.25, -0.2) is 9.67 Å². The molecule has 3 aromatic rings. The number of nitrogens with zero attached hydrogens (tertiary/aromatic N) is 6. The lowest BCUT2D eigenvalue weighted by Crippen LogP contribution is -2.37. The number of primary amides is 1. The van der Waals surface area contributed by atoms with Gasteiger partial charge in [-0.3, -0.25) is 14.3 Å². The summed E-state index contributed by atoms with van der Waals surface area (Å²) < 4.78 is 8.59. The van der Waals surface area contributed by atoms with Crippen molar-refractivity contribution in [2.45, 2.75) is 13.1 Å². The van der Waals surface area contributed by atoms with Crippen LogP contribution < -0.4 is 5.73 Å². The van der Waals surface area contributed by atoms with Crippen LogP contribution in [0.5, 0.6) is 0 Å². The predicted octanol–water partition coefficient (Wildman–Crippen LogP) is 0.639. The Morgan fingerprint density at radius 2 is 1.97 bits per heavy atom. The summed E-state index contributed by atoms with van der Waals surface area (Å²) >= 11 is 0. The molecule has 0 radical (unpaired) electrons. The van der Waals surface area contributed by atoms with E-state index in [1.807, 2.05) is 0 Å². The maximum Gasteiger partial charge on any atom is 0.271 e. The van der Waals surface area contributed by atoms with Crippen LogP contribution in [0.4, 0.5) is 0 Å². The smallest absolute Gasteiger partial charge is 0.271 e. The summed E-state index contributed by atoms with van der Waals surface area (Å²) in [5.41, 5.74) is 7.56. The minimum absolute atomic E-state index is 0.0692. The molecule has 2 N–H and O–H groups in total. The molecular formula is C19H21N7O3. The molecule has 2 amide bonds. The van der Waals surface area contributed by atoms with E-state index in [4.69, 9.17) is 10.5 Å². The van der Waals surface area contributed by atoms with Crippen molar-refractivity contribution in [2.75, 3.05) is 27.3 Å². The molecule has 0 bridgehead atoms. The van der Waals surface area contributed by atoms with Gasteiger partial charge in [-0.1, -0.05) is 12.1 Å². The number of carbonyl (C=O) groups is 2. The highest BCUT2D eigenvalue weighted by Gasteiger charge is 2.26. The van der Waals surface area contributed by atoms with Crippen LogP contribution in [-0.2, 0) is 17.8 Å². The maximum atomic E-state index is 12.4. The van der Waals surface area contributed by atoms with Crippen LogP contribution in [0.25, 0.3) is 22.9 Å². The lowest BCUT2D eigenvalue weighted by atomic mass is 10.1. The minimum atomic E-state index is -0.492. The average molecular weight is 395 g/mol. The van der Waals surface area contributed by atoms with E-state index in [2.05, 4.69) is 15.2 Å². The Balaban J connectivity index is 1.74. The third kappa shape index (κ3) is 3.49. The Kier molecular flexibility index (Phi) is 4.85. The van der Waals surface area contributed by atoms with Crippen molar-refractivity contribution in [3.8, 4) is 22.9 Å². The summed E-state index contributed by atoms with van der Waals surface area (Å²) in [6, 6.07) is 8.51. The van der Waals surface area contributed by atoms with Crippen molar-refractivity contribution >= 4 is 11.8 Å². The van der Waals surface area contributed by atoms with Gasteiger partial charge in [-0.15, -0.1) is 0 Å². The van der Waals surface area contributed by atoms with Crippen LogP contribution in [0.1, 0.15) is 20.8 Å². The number of aromatic nitrogens is 5. The molecule has 0 fully saturated rings. The van der Waals surface area contributed by atoms with Crippen molar-refractivity contribution in [2.24, 2.45) is 5.73 Å². The van der Waals surface area contributed by atoms with E-state index in [1.54, 1.807) is 58.8 Å². The molecule has 0 spiro atoms. The van der Waals surface area contributed by atoms with E-state index in [-0.39, 0.29) is 5.91 Å². The number of benzene rings is 1. The third-order valence-electron chi connectivity index (χ3n) is 4.83. The topological polar surface area (TPSA) is 121 Å². The summed E-state index contributed by atoms with van der Waals surface area (Å²) in [4.78, 5) is 30.0. The van der Waals surface area contributed by atoms with Gasteiger partial charge in [0.05, 0.1) is 19.7 Å². The summed E-state index contributed by atoms with van der Waals surface area (Å²) in [7, 11) is 3.39. The fourth-order valence-corrected chi connectivity index (χ4v) is 3.18. The SMILES string of the molecule is COCCn1nc(-c2ccc(C(N)=O)cc2)nc1-c1cc2n(n1)CCN(C)C2=O. The standard InChI is InChI=1S/C19H21N7O3/c1-24-7-8-25-15(19(24)28)11-14(22-25)18-21-17(23-26(18)9-10-29-2)13-5-3-12(4-6-13)16(20)27/h3-6,11H,7-10H2,1-2H3,(H2,20,27). The number of amides is 2. The van der Waals surface area contributed by atoms with Crippen molar-refractivity contribution < 1.29 is 14.3 Å². The van der Waals surface area contributed by atoms with Gasteiger partial charge in [0.25, 0.3) is 5.91 Å². The molecule has 0 atom stereocenters. The Labute approximate surface area is 166 Å². The van der Waals surface area contributed by atoms with Crippen molar-refractivity contribution in [3.05, 3.63) is 41.6 Å². The first-order valence-corrected chi connectivity index (χ1v) is 9.15. The highest BCUT2D eigenvalue weighted by atomic mass is 16.5. The van der Waals surface area contributed by atoms with Crippen LogP contribution in [0, 0.1) is 0 Å². The summed E-state index contributed by atoms with van der Waals surface area (Å²) in [6.45, 7) is 2.17. The van der Waals surface area contributed by atoms with Gasteiger partial charge in [0.15, 0.2) is 11.6 Å². The predicted molar refractivity (Wildman–Crippen MR) is 104 cm³/mol. The van der Waals surface area contributed by atoms with E-state index in [0.717, 1.165) is 5.56 Å². The molecule has 2 aromatic heterocycles. The number of likely N-dealkylation sites (N-methyl/N-ethyl adjacent to an activating group) is 1. The molecule has 0 aliphatic carbocycles. The molecule has 0 saturated carbocycles. The van der Waals surface area contributed by atoms with Gasteiger partial charge >= 0.3 is 0 Å². The third-order valence-corrected chi connectivity index (χ3v) is 4.83. The molecule has 4 rings (SSSR count). The molecule has 3 heterocycles. The molecule has 10 nitrogen and oxygen atoms in total. The number of nitrogens with two attached hydrogens (primary N) is 1. The number of ether oxygens (including phenoxy) is 1. The Hall–Kier alpha value is -3.53.